The second kappa shape index (κ2) is 9.60. The van der Waals surface area contributed by atoms with Crippen molar-refractivity contribution >= 4 is 17.3 Å². The Morgan fingerprint density at radius 2 is 1.75 bits per heavy atom. The summed E-state index contributed by atoms with van der Waals surface area (Å²) in [7, 11) is 0. The van der Waals surface area contributed by atoms with Crippen molar-refractivity contribution in [1.82, 2.24) is 4.90 Å². The van der Waals surface area contributed by atoms with E-state index in [2.05, 4.69) is 41.1 Å². The summed E-state index contributed by atoms with van der Waals surface area (Å²) in [6.07, 6.45) is 0.354. The van der Waals surface area contributed by atoms with Crippen LogP contribution in [0.3, 0.4) is 0 Å². The zero-order valence-electron chi connectivity index (χ0n) is 17.2. The zero-order chi connectivity index (χ0) is 19.9. The van der Waals surface area contributed by atoms with Gasteiger partial charge in [-0.25, -0.2) is 0 Å². The summed E-state index contributed by atoms with van der Waals surface area (Å²) in [5.41, 5.74) is 4.18. The Balaban J connectivity index is 1.57. The number of ether oxygens (including phenoxy) is 1. The number of nitrogens with one attached hydrogen (secondary N) is 1. The van der Waals surface area contributed by atoms with Gasteiger partial charge in [-0.15, -0.1) is 0 Å². The number of aryl methyl sites for hydroxylation is 1. The topological polar surface area (TPSA) is 44.8 Å². The van der Waals surface area contributed by atoms with Crippen LogP contribution in [-0.4, -0.2) is 50.1 Å². The third kappa shape index (κ3) is 5.26. The van der Waals surface area contributed by atoms with Gasteiger partial charge in [0.25, 0.3) is 0 Å². The highest BCUT2D eigenvalue weighted by atomic mass is 16.5. The number of hydrogen-bond donors (Lipinski definition) is 1. The van der Waals surface area contributed by atoms with E-state index >= 15 is 0 Å². The third-order valence-corrected chi connectivity index (χ3v) is 5.27. The van der Waals surface area contributed by atoms with Crippen LogP contribution in [0, 0.1) is 6.92 Å². The number of anilines is 2. The number of likely N-dealkylation sites (N-methyl/N-ethyl adjacent to an activating group) is 1. The predicted molar refractivity (Wildman–Crippen MR) is 115 cm³/mol. The van der Waals surface area contributed by atoms with E-state index in [-0.39, 0.29) is 5.91 Å². The van der Waals surface area contributed by atoms with Crippen molar-refractivity contribution < 1.29 is 9.53 Å². The number of rotatable bonds is 7. The van der Waals surface area contributed by atoms with E-state index in [1.165, 1.54) is 5.69 Å². The average Bonchev–Trinajstić information content (AvgIpc) is 2.71. The molecule has 2 aromatic carbocycles. The molecule has 1 heterocycles. The summed E-state index contributed by atoms with van der Waals surface area (Å²) in [6, 6.07) is 14.0. The van der Waals surface area contributed by atoms with Gasteiger partial charge in [-0.3, -0.25) is 4.79 Å². The molecule has 0 aromatic heterocycles. The van der Waals surface area contributed by atoms with Crippen LogP contribution in [0.4, 0.5) is 11.4 Å². The van der Waals surface area contributed by atoms with Gasteiger partial charge in [-0.1, -0.05) is 19.1 Å². The maximum atomic E-state index is 12.4. The van der Waals surface area contributed by atoms with Crippen molar-refractivity contribution in [3.05, 3.63) is 53.6 Å². The van der Waals surface area contributed by atoms with Gasteiger partial charge in [0.1, 0.15) is 5.75 Å². The van der Waals surface area contributed by atoms with Gasteiger partial charge in [-0.05, 0) is 61.9 Å². The van der Waals surface area contributed by atoms with E-state index in [9.17, 15) is 4.79 Å². The minimum atomic E-state index is -0.00318. The fourth-order valence-corrected chi connectivity index (χ4v) is 3.56. The smallest absolute Gasteiger partial charge is 0.228 e. The molecule has 28 heavy (non-hydrogen) atoms. The van der Waals surface area contributed by atoms with Crippen LogP contribution < -0.4 is 15.0 Å². The van der Waals surface area contributed by atoms with Gasteiger partial charge in [0.15, 0.2) is 0 Å². The van der Waals surface area contributed by atoms with Crippen LogP contribution >= 0.6 is 0 Å². The average molecular weight is 382 g/mol. The van der Waals surface area contributed by atoms with Gasteiger partial charge in [-0.2, -0.15) is 0 Å². The van der Waals surface area contributed by atoms with Crippen LogP contribution in [0.25, 0.3) is 0 Å². The predicted octanol–water partition coefficient (Wildman–Crippen LogP) is 3.72. The standard InChI is InChI=1S/C23H31N3O2/c1-4-25-12-14-26(15-13-25)20-8-11-22(18(3)16-20)24-23(27)17-19-6-9-21(10-7-19)28-5-2/h6-11,16H,4-5,12-15,17H2,1-3H3,(H,24,27). The molecule has 1 aliphatic heterocycles. The molecule has 150 valence electrons. The molecular weight excluding hydrogens is 350 g/mol. The van der Waals surface area contributed by atoms with Gasteiger partial charge in [0, 0.05) is 37.6 Å². The van der Waals surface area contributed by atoms with Crippen LogP contribution in [0.2, 0.25) is 0 Å². The van der Waals surface area contributed by atoms with E-state index in [1.807, 2.05) is 37.3 Å². The van der Waals surface area contributed by atoms with Gasteiger partial charge >= 0.3 is 0 Å². The Morgan fingerprint density at radius 1 is 1.04 bits per heavy atom. The molecule has 5 nitrogen and oxygen atoms in total. The monoisotopic (exact) mass is 381 g/mol. The second-order valence-electron chi connectivity index (χ2n) is 7.22. The van der Waals surface area contributed by atoms with Gasteiger partial charge < -0.3 is 19.9 Å². The molecule has 3 rings (SSSR count). The number of piperazine rings is 1. The van der Waals surface area contributed by atoms with E-state index in [0.29, 0.717) is 13.0 Å². The molecular formula is C23H31N3O2. The molecule has 0 unspecified atom stereocenters. The lowest BCUT2D eigenvalue weighted by molar-refractivity contribution is -0.115. The van der Waals surface area contributed by atoms with E-state index in [0.717, 1.165) is 55.3 Å². The highest BCUT2D eigenvalue weighted by Crippen LogP contribution is 2.24. The Kier molecular flexibility index (Phi) is 6.93. The minimum absolute atomic E-state index is 0.00318. The highest BCUT2D eigenvalue weighted by Gasteiger charge is 2.16. The van der Waals surface area contributed by atoms with Crippen molar-refractivity contribution in [2.75, 3.05) is 49.5 Å². The Morgan fingerprint density at radius 3 is 2.36 bits per heavy atom. The summed E-state index contributed by atoms with van der Waals surface area (Å²) >= 11 is 0. The lowest BCUT2D eigenvalue weighted by atomic mass is 10.1. The van der Waals surface area contributed by atoms with E-state index < -0.39 is 0 Å². The molecule has 2 aromatic rings. The molecule has 0 atom stereocenters. The van der Waals surface area contributed by atoms with Crippen molar-refractivity contribution in [3.63, 3.8) is 0 Å². The lowest BCUT2D eigenvalue weighted by Gasteiger charge is -2.35. The lowest BCUT2D eigenvalue weighted by Crippen LogP contribution is -2.46. The molecule has 1 aliphatic rings. The number of carbonyl (C=O) groups is 1. The molecule has 0 bridgehead atoms. The van der Waals surface area contributed by atoms with Crippen molar-refractivity contribution in [1.29, 1.82) is 0 Å². The summed E-state index contributed by atoms with van der Waals surface area (Å²) in [4.78, 5) is 17.3. The minimum Gasteiger partial charge on any atom is -0.494 e. The van der Waals surface area contributed by atoms with Crippen LogP contribution in [-0.2, 0) is 11.2 Å². The van der Waals surface area contributed by atoms with E-state index in [1.54, 1.807) is 0 Å². The van der Waals surface area contributed by atoms with Crippen LogP contribution in [0.15, 0.2) is 42.5 Å². The van der Waals surface area contributed by atoms with Crippen LogP contribution in [0.1, 0.15) is 25.0 Å². The number of nitrogens with zero attached hydrogens (tertiary/aromatic N) is 2. The van der Waals surface area contributed by atoms with Gasteiger partial charge in [0.05, 0.1) is 13.0 Å². The Hall–Kier alpha value is -2.53. The number of hydrogen-bond acceptors (Lipinski definition) is 4. The largest absolute Gasteiger partial charge is 0.494 e. The third-order valence-electron chi connectivity index (χ3n) is 5.27. The summed E-state index contributed by atoms with van der Waals surface area (Å²) in [5.74, 6) is 0.828. The molecule has 5 heteroatoms. The molecule has 0 radical (unpaired) electrons. The molecule has 1 saturated heterocycles. The first-order chi connectivity index (χ1) is 13.6. The normalized spacial score (nSPS) is 14.8. The molecule has 1 amide bonds. The highest BCUT2D eigenvalue weighted by molar-refractivity contribution is 5.93. The molecule has 0 spiro atoms. The molecule has 0 aliphatic carbocycles. The maximum Gasteiger partial charge on any atom is 0.228 e. The van der Waals surface area contributed by atoms with Gasteiger partial charge in [0.2, 0.25) is 5.91 Å². The van der Waals surface area contributed by atoms with Crippen molar-refractivity contribution in [3.8, 4) is 5.75 Å². The zero-order valence-corrected chi connectivity index (χ0v) is 17.2. The quantitative estimate of drug-likeness (QED) is 0.794. The second-order valence-corrected chi connectivity index (χ2v) is 7.22. The number of benzene rings is 2. The van der Waals surface area contributed by atoms with Crippen molar-refractivity contribution in [2.24, 2.45) is 0 Å². The van der Waals surface area contributed by atoms with Crippen molar-refractivity contribution in [2.45, 2.75) is 27.2 Å². The summed E-state index contributed by atoms with van der Waals surface area (Å²) in [6.45, 7) is 12.3. The number of carbonyl (C=O) groups excluding carboxylic acids is 1. The van der Waals surface area contributed by atoms with E-state index in [4.69, 9.17) is 4.74 Å². The molecule has 1 fully saturated rings. The fraction of sp³-hybridized carbons (Fsp3) is 0.435. The Bertz CT molecular complexity index is 781. The maximum absolute atomic E-state index is 12.4. The summed E-state index contributed by atoms with van der Waals surface area (Å²) in [5, 5.41) is 3.05. The first kappa shape index (κ1) is 20.2. The SMILES string of the molecule is CCOc1ccc(CC(=O)Nc2ccc(N3CCN(CC)CC3)cc2C)cc1. The first-order valence-corrected chi connectivity index (χ1v) is 10.2. The molecule has 0 saturated carbocycles. The molecule has 1 N–H and O–H groups in total. The number of amides is 1. The first-order valence-electron chi connectivity index (χ1n) is 10.2. The fourth-order valence-electron chi connectivity index (χ4n) is 3.56. The summed E-state index contributed by atoms with van der Waals surface area (Å²) < 4.78 is 5.44. The van der Waals surface area contributed by atoms with Crippen LogP contribution in [0.5, 0.6) is 5.75 Å². The Labute approximate surface area is 168 Å².